The molecule has 8 nitrogen and oxygen atoms in total. The van der Waals surface area contributed by atoms with Gasteiger partial charge in [0.25, 0.3) is 0 Å². The van der Waals surface area contributed by atoms with Crippen LogP contribution in [0.4, 0.5) is 0 Å². The maximum atomic E-state index is 12.8. The van der Waals surface area contributed by atoms with Crippen LogP contribution < -0.4 is 9.47 Å². The molecular weight excluding hydrogens is 416 g/mol. The number of methoxy groups -OCH3 is 1. The fraction of sp³-hybridized carbons (Fsp3) is 0.182. The molecule has 0 amide bonds. The number of nitrogens with zero attached hydrogens (tertiary/aromatic N) is 4. The summed E-state index contributed by atoms with van der Waals surface area (Å²) in [4.78, 5) is 4.56. The highest BCUT2D eigenvalue weighted by Crippen LogP contribution is 2.35. The van der Waals surface area contributed by atoms with Crippen molar-refractivity contribution in [3.8, 4) is 28.5 Å². The first-order chi connectivity index (χ1) is 14.8. The van der Waals surface area contributed by atoms with Crippen molar-refractivity contribution in [3.05, 3.63) is 66.5 Å². The second-order valence-corrected chi connectivity index (χ2v) is 9.17. The van der Waals surface area contributed by atoms with E-state index < -0.39 is 10.0 Å². The topological polar surface area (TPSA) is 86.0 Å². The number of fused-ring (bicyclic) bond motifs is 1. The molecule has 2 aromatic carbocycles. The molecule has 0 unspecified atom stereocenters. The van der Waals surface area contributed by atoms with Crippen molar-refractivity contribution in [1.82, 2.24) is 18.9 Å². The maximum absolute atomic E-state index is 12.8. The summed E-state index contributed by atoms with van der Waals surface area (Å²) in [7, 11) is 0.697. The van der Waals surface area contributed by atoms with E-state index >= 15 is 0 Å². The van der Waals surface area contributed by atoms with Gasteiger partial charge in [0.15, 0.2) is 5.65 Å². The third-order valence-corrected chi connectivity index (χ3v) is 6.67. The van der Waals surface area contributed by atoms with Crippen LogP contribution in [0, 0.1) is 6.92 Å². The van der Waals surface area contributed by atoms with Crippen LogP contribution in [0.2, 0.25) is 0 Å². The molecule has 0 aliphatic carbocycles. The molecule has 0 fully saturated rings. The number of benzene rings is 2. The molecule has 4 aromatic rings. The molecule has 160 valence electrons. The predicted octanol–water partition coefficient (Wildman–Crippen LogP) is 3.76. The highest BCUT2D eigenvalue weighted by molar-refractivity contribution is 7.89. The summed E-state index contributed by atoms with van der Waals surface area (Å²) >= 11 is 0. The smallest absolute Gasteiger partial charge is 0.246 e. The van der Waals surface area contributed by atoms with Gasteiger partial charge in [0.1, 0.15) is 16.4 Å². The first kappa shape index (κ1) is 20.8. The molecule has 0 bridgehead atoms. The number of rotatable bonds is 6. The molecule has 0 spiro atoms. The SMILES string of the molecule is COc1ccc(-c2c(C)nn3c(Oc4ccccc4)ccnc23)cc1S(=O)(=O)N(C)C. The van der Waals surface area contributed by atoms with E-state index in [-0.39, 0.29) is 10.6 Å². The molecule has 0 saturated heterocycles. The Labute approximate surface area is 180 Å². The van der Waals surface area contributed by atoms with Crippen LogP contribution in [0.25, 0.3) is 16.8 Å². The van der Waals surface area contributed by atoms with Gasteiger partial charge in [0.2, 0.25) is 15.9 Å². The van der Waals surface area contributed by atoms with Gasteiger partial charge in [-0.05, 0) is 36.8 Å². The lowest BCUT2D eigenvalue weighted by atomic mass is 10.1. The van der Waals surface area contributed by atoms with Crippen molar-refractivity contribution >= 4 is 15.7 Å². The zero-order valence-electron chi connectivity index (χ0n) is 17.6. The largest absolute Gasteiger partial charge is 0.495 e. The maximum Gasteiger partial charge on any atom is 0.246 e. The molecule has 31 heavy (non-hydrogen) atoms. The van der Waals surface area contributed by atoms with E-state index in [0.29, 0.717) is 28.5 Å². The average Bonchev–Trinajstić information content (AvgIpc) is 3.10. The van der Waals surface area contributed by atoms with Crippen molar-refractivity contribution in [2.45, 2.75) is 11.8 Å². The van der Waals surface area contributed by atoms with Crippen LogP contribution in [-0.2, 0) is 10.0 Å². The van der Waals surface area contributed by atoms with E-state index in [2.05, 4.69) is 10.1 Å². The van der Waals surface area contributed by atoms with E-state index in [9.17, 15) is 8.42 Å². The Morgan fingerprint density at radius 3 is 2.45 bits per heavy atom. The molecule has 0 aliphatic rings. The Balaban J connectivity index is 1.88. The van der Waals surface area contributed by atoms with Crippen LogP contribution in [0.3, 0.4) is 0 Å². The van der Waals surface area contributed by atoms with E-state index in [1.807, 2.05) is 37.3 Å². The van der Waals surface area contributed by atoms with Crippen molar-refractivity contribution in [2.75, 3.05) is 21.2 Å². The number of aromatic nitrogens is 3. The van der Waals surface area contributed by atoms with Gasteiger partial charge < -0.3 is 9.47 Å². The highest BCUT2D eigenvalue weighted by Gasteiger charge is 2.24. The quantitative estimate of drug-likeness (QED) is 0.456. The third-order valence-electron chi connectivity index (χ3n) is 4.84. The van der Waals surface area contributed by atoms with Crippen molar-refractivity contribution in [3.63, 3.8) is 0 Å². The summed E-state index contributed by atoms with van der Waals surface area (Å²) in [6, 6.07) is 16.1. The summed E-state index contributed by atoms with van der Waals surface area (Å²) in [5.74, 6) is 1.45. The van der Waals surface area contributed by atoms with Crippen LogP contribution in [0.1, 0.15) is 5.69 Å². The summed E-state index contributed by atoms with van der Waals surface area (Å²) in [5.41, 5.74) is 2.63. The minimum atomic E-state index is -3.71. The zero-order valence-corrected chi connectivity index (χ0v) is 18.4. The number of sulfonamides is 1. The molecule has 0 aliphatic heterocycles. The minimum absolute atomic E-state index is 0.0768. The predicted molar refractivity (Wildman–Crippen MR) is 117 cm³/mol. The number of ether oxygens (including phenoxy) is 2. The van der Waals surface area contributed by atoms with Gasteiger partial charge in [-0.25, -0.2) is 17.7 Å². The second-order valence-electron chi connectivity index (χ2n) is 7.05. The van der Waals surface area contributed by atoms with Crippen molar-refractivity contribution in [1.29, 1.82) is 0 Å². The van der Waals surface area contributed by atoms with Gasteiger partial charge >= 0.3 is 0 Å². The fourth-order valence-electron chi connectivity index (χ4n) is 3.29. The third kappa shape index (κ3) is 3.73. The normalized spacial score (nSPS) is 11.8. The van der Waals surface area contributed by atoms with Gasteiger partial charge in [0, 0.05) is 31.9 Å². The average molecular weight is 439 g/mol. The van der Waals surface area contributed by atoms with Crippen molar-refractivity contribution in [2.24, 2.45) is 0 Å². The lowest BCUT2D eigenvalue weighted by Gasteiger charge is -2.15. The summed E-state index contributed by atoms with van der Waals surface area (Å²) < 4.78 is 39.7. The first-order valence-corrected chi connectivity index (χ1v) is 10.9. The summed E-state index contributed by atoms with van der Waals surface area (Å²) in [6.45, 7) is 1.85. The van der Waals surface area contributed by atoms with Gasteiger partial charge in [-0.15, -0.1) is 0 Å². The Kier molecular flexibility index (Phi) is 5.38. The molecule has 2 aromatic heterocycles. The van der Waals surface area contributed by atoms with E-state index in [4.69, 9.17) is 9.47 Å². The van der Waals surface area contributed by atoms with Crippen LogP contribution in [0.15, 0.2) is 65.7 Å². The van der Waals surface area contributed by atoms with Gasteiger partial charge in [-0.2, -0.15) is 9.61 Å². The van der Waals surface area contributed by atoms with Gasteiger partial charge in [0.05, 0.1) is 12.8 Å². The number of hydrogen-bond acceptors (Lipinski definition) is 6. The highest BCUT2D eigenvalue weighted by atomic mass is 32.2. The van der Waals surface area contributed by atoms with Crippen LogP contribution >= 0.6 is 0 Å². The molecule has 0 N–H and O–H groups in total. The Hall–Kier alpha value is -3.43. The second kappa shape index (κ2) is 8.01. The molecule has 4 rings (SSSR count). The van der Waals surface area contributed by atoms with Gasteiger partial charge in [-0.1, -0.05) is 24.3 Å². The lowest BCUT2D eigenvalue weighted by molar-refractivity contribution is 0.400. The number of aryl methyl sites for hydroxylation is 1. The zero-order chi connectivity index (χ0) is 22.2. The Morgan fingerprint density at radius 1 is 1.03 bits per heavy atom. The lowest BCUT2D eigenvalue weighted by Crippen LogP contribution is -2.22. The van der Waals surface area contributed by atoms with Crippen LogP contribution in [0.5, 0.6) is 17.4 Å². The molecule has 0 atom stereocenters. The van der Waals surface area contributed by atoms with E-state index in [0.717, 1.165) is 9.87 Å². The monoisotopic (exact) mass is 438 g/mol. The molecule has 2 heterocycles. The van der Waals surface area contributed by atoms with Crippen LogP contribution in [-0.4, -0.2) is 48.5 Å². The molecular formula is C22H22N4O4S. The standard InChI is InChI=1S/C22H22N4O4S/c1-15-21(16-10-11-18(29-4)19(14-16)31(27,28)25(2)3)22-23-13-12-20(26(22)24-15)30-17-8-6-5-7-9-17/h5-14H,1-4H3. The summed E-state index contributed by atoms with van der Waals surface area (Å²) in [5, 5.41) is 4.59. The minimum Gasteiger partial charge on any atom is -0.495 e. The molecule has 9 heteroatoms. The Bertz CT molecular complexity index is 1350. The van der Waals surface area contributed by atoms with E-state index in [1.165, 1.54) is 21.2 Å². The fourth-order valence-corrected chi connectivity index (χ4v) is 4.36. The van der Waals surface area contributed by atoms with Crippen molar-refractivity contribution < 1.29 is 17.9 Å². The Morgan fingerprint density at radius 2 is 1.77 bits per heavy atom. The first-order valence-electron chi connectivity index (χ1n) is 9.51. The number of hydrogen-bond donors (Lipinski definition) is 0. The summed E-state index contributed by atoms with van der Waals surface area (Å²) in [6.07, 6.45) is 1.64. The van der Waals surface area contributed by atoms with Gasteiger partial charge in [-0.3, -0.25) is 0 Å². The van der Waals surface area contributed by atoms with E-state index in [1.54, 1.807) is 35.0 Å². The number of para-hydroxylation sites is 1. The molecule has 0 radical (unpaired) electrons. The molecule has 0 saturated carbocycles.